The Balaban J connectivity index is -0.00000256. The quantitative estimate of drug-likeness (QED) is 0.0952. The molecule has 0 aromatic carbocycles. The molecule has 2 aliphatic rings. The van der Waals surface area contributed by atoms with Crippen LogP contribution in [0, 0.1) is 0 Å². The van der Waals surface area contributed by atoms with Gasteiger partial charge in [0.15, 0.2) is 0 Å². The third kappa shape index (κ3) is 11.5. The number of rotatable bonds is 20. The van der Waals surface area contributed by atoms with Gasteiger partial charge in [-0.25, -0.2) is 9.97 Å². The first-order chi connectivity index (χ1) is 28.3. The van der Waals surface area contributed by atoms with E-state index in [2.05, 4.69) is 19.9 Å². The standard InChI is InChI=1S/C40H38N4O16.Mn/c45-33(46)5-1-17-21(9-37(53)54)29-14-26-19(3-7-35(49)50)23(11-39(57)58)31(43-26)16-28-20(4-8-36(51)52)24(12-40(59)60)32(44-28)15-27-18(2-6-34(47)48)22(10-38(55)56)30(42-27)13-25(17)41-29;/h13-16H,1-12H2,(H10,41,42,43,44,45,46,47,48,49,50,51,52,53,54,55,56,57,58,59,60);/q;+3/p-3. The van der Waals surface area contributed by atoms with Crippen LogP contribution in [0.2, 0.25) is 0 Å². The van der Waals surface area contributed by atoms with Gasteiger partial charge in [0.2, 0.25) is 0 Å². The minimum Gasteiger partial charge on any atom is -0.657 e. The fourth-order valence-corrected chi connectivity index (χ4v) is 7.16. The Morgan fingerprint density at radius 1 is 0.377 bits per heavy atom. The summed E-state index contributed by atoms with van der Waals surface area (Å²) in [7, 11) is 0. The number of aromatic nitrogens is 4. The number of aryl methyl sites for hydroxylation is 2. The van der Waals surface area contributed by atoms with Crippen LogP contribution in [0.1, 0.15) is 106 Å². The number of carbonyl (C=O) groups is 8. The summed E-state index contributed by atoms with van der Waals surface area (Å²) in [6.07, 6.45) is -8.02. The fourth-order valence-electron chi connectivity index (χ4n) is 7.16. The van der Waals surface area contributed by atoms with Crippen molar-refractivity contribution in [1.82, 2.24) is 19.9 Å². The summed E-state index contributed by atoms with van der Waals surface area (Å²) >= 11 is 0. The number of carboxylic acid groups (broad SMARTS) is 8. The zero-order valence-corrected chi connectivity index (χ0v) is 32.7. The molecule has 61 heavy (non-hydrogen) atoms. The molecule has 0 unspecified atom stereocenters. The van der Waals surface area contributed by atoms with Gasteiger partial charge < -0.3 is 89.2 Å². The minimum absolute atomic E-state index is 0. The first kappa shape index (κ1) is 46.6. The van der Waals surface area contributed by atoms with Crippen LogP contribution in [0.4, 0.5) is 0 Å². The third-order valence-corrected chi connectivity index (χ3v) is 9.59. The van der Waals surface area contributed by atoms with Gasteiger partial charge in [-0.1, -0.05) is 40.5 Å². The number of carbonyl (C=O) groups excluding carboxylic acids is 8. The van der Waals surface area contributed by atoms with Gasteiger partial charge in [0, 0.05) is 73.4 Å². The molecule has 0 radical (unpaired) electrons. The molecule has 0 saturated carbocycles. The molecule has 318 valence electrons. The van der Waals surface area contributed by atoms with E-state index in [1.165, 1.54) is 0 Å². The Hall–Kier alpha value is -7.12. The molecule has 5 rings (SSSR count). The van der Waals surface area contributed by atoms with Crippen LogP contribution in [0.15, 0.2) is 24.3 Å². The Bertz CT molecular complexity index is 2630. The van der Waals surface area contributed by atoms with E-state index in [4.69, 9.17) is 0 Å². The summed E-state index contributed by atoms with van der Waals surface area (Å²) in [5.41, 5.74) is -2.13. The van der Waals surface area contributed by atoms with Crippen molar-refractivity contribution in [2.24, 2.45) is 0 Å². The molecule has 0 saturated heterocycles. The van der Waals surface area contributed by atoms with Crippen LogP contribution < -0.4 is 50.8 Å². The molecule has 0 spiro atoms. The van der Waals surface area contributed by atoms with Crippen LogP contribution in [0.3, 0.4) is 0 Å². The van der Waals surface area contributed by atoms with Gasteiger partial charge in [0.1, 0.15) is 0 Å². The van der Waals surface area contributed by atoms with E-state index in [0.717, 1.165) is 24.3 Å². The molecule has 0 aliphatic carbocycles. The van der Waals surface area contributed by atoms with E-state index < -0.39 is 125 Å². The number of carboxylic acids is 8. The van der Waals surface area contributed by atoms with Crippen LogP contribution in [0.25, 0.3) is 44.4 Å². The van der Waals surface area contributed by atoms with Crippen molar-refractivity contribution in [3.63, 3.8) is 0 Å². The molecule has 21 heteroatoms. The summed E-state index contributed by atoms with van der Waals surface area (Å²) < 4.78 is 0. The molecule has 5 heterocycles. The van der Waals surface area contributed by atoms with E-state index in [1.54, 1.807) is 0 Å². The zero-order valence-electron chi connectivity index (χ0n) is 38.5. The van der Waals surface area contributed by atoms with E-state index in [0.29, 0.717) is 0 Å². The van der Waals surface area contributed by atoms with E-state index >= 15 is 0 Å². The first-order valence-corrected chi connectivity index (χ1v) is 18.0. The second-order valence-electron chi connectivity index (χ2n) is 13.6. The van der Waals surface area contributed by atoms with Crippen molar-refractivity contribution >= 4 is 92.1 Å². The monoisotopic (exact) mass is 882 g/mol. The number of allylic oxidation sites excluding steroid dienone is 2. The van der Waals surface area contributed by atoms with Crippen molar-refractivity contribution < 1.29 is 106 Å². The molecule has 0 N–H and O–H groups in total. The molecular formula is C40H35MnN4O16. The smallest absolute Gasteiger partial charge is 0.657 e. The maximum absolute atomic E-state index is 12.1. The Morgan fingerprint density at radius 3 is 1.05 bits per heavy atom. The van der Waals surface area contributed by atoms with Gasteiger partial charge in [0.25, 0.3) is 0 Å². The summed E-state index contributed by atoms with van der Waals surface area (Å²) in [5.74, 6) is -12.9. The molecule has 0 amide bonds. The second kappa shape index (κ2) is 19.8. The molecule has 0 fully saturated rings. The summed E-state index contributed by atoms with van der Waals surface area (Å²) in [6, 6.07) is 4.66. The predicted octanol–water partition coefficient (Wildman–Crippen LogP) is -6.53. The molecule has 2 aliphatic heterocycles. The van der Waals surface area contributed by atoms with E-state index in [1.807, 2.05) is 0 Å². The van der Waals surface area contributed by atoms with Gasteiger partial charge in [-0.05, 0) is 79.7 Å². The summed E-state index contributed by atoms with van der Waals surface area (Å²) in [5, 5.41) is 95.2. The first-order valence-electron chi connectivity index (χ1n) is 18.0. The average molecular weight is 883 g/mol. The van der Waals surface area contributed by atoms with Gasteiger partial charge in [-0.15, -0.1) is 22.1 Å². The topological polar surface area (TPSA) is 375 Å². The number of aliphatic carboxylic acids is 8. The Labute approximate surface area is 364 Å². The predicted molar refractivity (Wildman–Crippen MR) is 192 cm³/mol. The van der Waals surface area contributed by atoms with Crippen molar-refractivity contribution in [1.29, 1.82) is 0 Å². The van der Waals surface area contributed by atoms with Crippen LogP contribution in [-0.4, -0.2) is 57.7 Å². The van der Waals surface area contributed by atoms with Crippen LogP contribution in [-0.2, 0) is 81.1 Å². The van der Waals surface area contributed by atoms with Crippen LogP contribution in [0.5, 0.6) is 0 Å². The number of hydrogen-bond acceptors (Lipinski definition) is 18. The van der Waals surface area contributed by atoms with Gasteiger partial charge in [0.05, 0.1) is 22.8 Å². The molecule has 3 aromatic heterocycles. The van der Waals surface area contributed by atoms with Crippen LogP contribution >= 0.6 is 0 Å². The summed E-state index contributed by atoms with van der Waals surface area (Å²) in [4.78, 5) is 113. The van der Waals surface area contributed by atoms with E-state index in [-0.39, 0.29) is 116 Å². The largest absolute Gasteiger partial charge is 3.00 e. The van der Waals surface area contributed by atoms with E-state index in [9.17, 15) is 79.2 Å². The Morgan fingerprint density at radius 2 is 0.672 bits per heavy atom. The molecular weight excluding hydrogens is 847 g/mol. The minimum atomic E-state index is -1.66. The zero-order chi connectivity index (χ0) is 44.0. The molecule has 3 aromatic rings. The van der Waals surface area contributed by atoms with Gasteiger partial charge in [-0.2, -0.15) is 0 Å². The third-order valence-electron chi connectivity index (χ3n) is 9.59. The van der Waals surface area contributed by atoms with Crippen molar-refractivity contribution in [3.8, 4) is 0 Å². The maximum Gasteiger partial charge on any atom is 3.00 e. The molecule has 0 atom stereocenters. The molecule has 20 nitrogen and oxygen atoms in total. The second-order valence-corrected chi connectivity index (χ2v) is 13.6. The van der Waals surface area contributed by atoms with Gasteiger partial charge in [-0.3, -0.25) is 0 Å². The average Bonchev–Trinajstić information content (AvgIpc) is 3.81. The van der Waals surface area contributed by atoms with Crippen molar-refractivity contribution in [3.05, 3.63) is 69.3 Å². The number of fused-ring (bicyclic) bond motifs is 8. The normalized spacial score (nSPS) is 12.2. The maximum atomic E-state index is 12.1. The summed E-state index contributed by atoms with van der Waals surface area (Å²) in [6.45, 7) is 0. The molecule has 8 bridgehead atoms. The van der Waals surface area contributed by atoms with Crippen molar-refractivity contribution in [2.45, 2.75) is 77.0 Å². The van der Waals surface area contributed by atoms with Crippen molar-refractivity contribution in [2.75, 3.05) is 0 Å². The number of nitrogens with zero attached hydrogens (tertiary/aromatic N) is 4. The number of hydrogen-bond donors (Lipinski definition) is 0. The fraction of sp³-hybridized carbons (Fsp3) is 0.300. The SMILES string of the molecule is O=C([O-])CCC1=C(CC(=O)[O-])c2cc3nc(cc4[n-]c(cc5[n-]c(cc1n2)c(CC(=O)[O-])c5CCC(=O)[O-])c(CC(=O)[O-])c4CCC(=O)[O-])C(CC(=O)[O-])=C3CCC(=O)[O-].[H+].[H+].[H+].[H+].[H+].[H+].[H+].[Mn+3]. The Kier molecular flexibility index (Phi) is 15.1. The van der Waals surface area contributed by atoms with Gasteiger partial charge >= 0.3 is 27.1 Å².